The molecule has 1 N–H and O–H groups in total. The summed E-state index contributed by atoms with van der Waals surface area (Å²) in [5, 5.41) is 3.09. The highest BCUT2D eigenvalue weighted by atomic mass is 32.2. The maximum Gasteiger partial charge on any atom is 0.245 e. The number of sulfonamides is 1. The Morgan fingerprint density at radius 2 is 1.70 bits per heavy atom. The molecule has 4 rings (SSSR count). The fourth-order valence-electron chi connectivity index (χ4n) is 7.06. The van der Waals surface area contributed by atoms with Crippen molar-refractivity contribution in [2.24, 2.45) is 23.7 Å². The number of hydrogen-bond acceptors (Lipinski definition) is 5. The molecule has 0 spiro atoms. The van der Waals surface area contributed by atoms with Crippen LogP contribution < -0.4 is 5.32 Å². The number of fused-ring (bicyclic) bond motifs is 1. The number of hydrogen-bond donors (Lipinski definition) is 1. The number of Topliss-reactive ketones (excluding diaryl/α,β-unsaturated/α-hetero) is 1. The molecule has 1 aromatic rings. The van der Waals surface area contributed by atoms with Crippen LogP contribution >= 0.6 is 0 Å². The van der Waals surface area contributed by atoms with E-state index < -0.39 is 34.1 Å². The maximum atomic E-state index is 14.3. The Hall–Kier alpha value is -2.26. The Labute approximate surface area is 240 Å². The van der Waals surface area contributed by atoms with E-state index in [2.05, 4.69) is 17.4 Å². The summed E-state index contributed by atoms with van der Waals surface area (Å²) in [6.07, 6.45) is 8.43. The molecule has 0 aromatic heterocycles. The van der Waals surface area contributed by atoms with Crippen LogP contribution in [0.15, 0.2) is 30.3 Å². The van der Waals surface area contributed by atoms with Crippen LogP contribution in [0.2, 0.25) is 0 Å². The van der Waals surface area contributed by atoms with Crippen LogP contribution in [0.4, 0.5) is 0 Å². The lowest BCUT2D eigenvalue weighted by molar-refractivity contribution is -0.141. The summed E-state index contributed by atoms with van der Waals surface area (Å²) >= 11 is 0. The normalized spacial score (nSPS) is 26.2. The lowest BCUT2D eigenvalue weighted by Crippen LogP contribution is -2.56. The molecule has 2 heterocycles. The van der Waals surface area contributed by atoms with Gasteiger partial charge < -0.3 is 10.2 Å². The highest BCUT2D eigenvalue weighted by molar-refractivity contribution is 7.88. The predicted octanol–water partition coefficient (Wildman–Crippen LogP) is 3.80. The number of rotatable bonds is 11. The van der Waals surface area contributed by atoms with Gasteiger partial charge in [-0.2, -0.15) is 4.31 Å². The summed E-state index contributed by atoms with van der Waals surface area (Å²) in [5.41, 5.74) is 1.16. The molecule has 222 valence electrons. The van der Waals surface area contributed by atoms with Gasteiger partial charge in [-0.3, -0.25) is 14.4 Å². The molecule has 0 bridgehead atoms. The van der Waals surface area contributed by atoms with Crippen LogP contribution in [0.3, 0.4) is 0 Å². The third-order valence-corrected chi connectivity index (χ3v) is 10.7. The molecule has 2 saturated heterocycles. The molecule has 3 fully saturated rings. The summed E-state index contributed by atoms with van der Waals surface area (Å²) < 4.78 is 27.0. The number of carbonyl (C=O) groups excluding carboxylic acids is 3. The molecule has 2 aliphatic heterocycles. The van der Waals surface area contributed by atoms with Gasteiger partial charge in [-0.15, -0.1) is 0 Å². The Morgan fingerprint density at radius 1 is 1.02 bits per heavy atom. The number of nitrogens with zero attached hydrogens (tertiary/aromatic N) is 2. The van der Waals surface area contributed by atoms with Crippen LogP contribution in [0.5, 0.6) is 0 Å². The molecule has 1 saturated carbocycles. The lowest BCUT2D eigenvalue weighted by Gasteiger charge is -2.36. The maximum absolute atomic E-state index is 14.3. The van der Waals surface area contributed by atoms with Crippen LogP contribution in [0.1, 0.15) is 77.7 Å². The smallest absolute Gasteiger partial charge is 0.245 e. The molecule has 0 radical (unpaired) electrons. The zero-order chi connectivity index (χ0) is 29.0. The standard InChI is InChI=1S/C31H47N3O5S/c1-5-22(3)30(36)32-28(24-14-10-7-11-15-24)31(37)33-17-16-26-29(33)25(20-34(26)40(4,38)39)27(35)19-21(2)18-23-12-8-6-9-13-23/h6,8-9,12-13,21-22,24-26,28-29H,5,7,10-11,14-20H2,1-4H3,(H,32,36)/t21-,22-,25-,26-,28+,29-/m1/s1. The minimum absolute atomic E-state index is 0.0159. The lowest BCUT2D eigenvalue weighted by atomic mass is 9.82. The van der Waals surface area contributed by atoms with Crippen molar-refractivity contribution >= 4 is 27.6 Å². The Kier molecular flexibility index (Phi) is 10.1. The van der Waals surface area contributed by atoms with Gasteiger partial charge in [0.25, 0.3) is 0 Å². The van der Waals surface area contributed by atoms with Gasteiger partial charge in [-0.05, 0) is 49.5 Å². The van der Waals surface area contributed by atoms with Gasteiger partial charge >= 0.3 is 0 Å². The molecular weight excluding hydrogens is 526 g/mol. The first-order valence-corrected chi connectivity index (χ1v) is 17.0. The van der Waals surface area contributed by atoms with E-state index >= 15 is 0 Å². The Morgan fingerprint density at radius 3 is 2.33 bits per heavy atom. The second kappa shape index (κ2) is 13.1. The second-order valence-corrected chi connectivity index (χ2v) is 14.4. The van der Waals surface area contributed by atoms with Crippen LogP contribution in [0.25, 0.3) is 0 Å². The van der Waals surface area contributed by atoms with E-state index in [9.17, 15) is 22.8 Å². The highest BCUT2D eigenvalue weighted by Gasteiger charge is 2.56. The number of benzene rings is 1. The average Bonchev–Trinajstić information content (AvgIpc) is 3.52. The van der Waals surface area contributed by atoms with Gasteiger partial charge in [-0.25, -0.2) is 8.42 Å². The van der Waals surface area contributed by atoms with Crippen LogP contribution in [-0.2, 0) is 30.8 Å². The zero-order valence-electron chi connectivity index (χ0n) is 24.6. The molecule has 8 nitrogen and oxygen atoms in total. The minimum Gasteiger partial charge on any atom is -0.344 e. The van der Waals surface area contributed by atoms with Gasteiger partial charge in [0.2, 0.25) is 21.8 Å². The monoisotopic (exact) mass is 573 g/mol. The average molecular weight is 574 g/mol. The van der Waals surface area contributed by atoms with Gasteiger partial charge in [0.15, 0.2) is 0 Å². The molecule has 6 atom stereocenters. The third-order valence-electron chi connectivity index (χ3n) is 9.42. The van der Waals surface area contributed by atoms with E-state index in [1.807, 2.05) is 39.0 Å². The molecule has 1 aliphatic carbocycles. The van der Waals surface area contributed by atoms with E-state index in [0.29, 0.717) is 25.8 Å². The Balaban J connectivity index is 1.57. The number of likely N-dealkylation sites (tertiary alicyclic amines) is 1. The summed E-state index contributed by atoms with van der Waals surface area (Å²) in [6, 6.07) is 8.50. The number of ketones is 1. The molecular formula is C31H47N3O5S. The minimum atomic E-state index is -3.55. The fraction of sp³-hybridized carbons (Fsp3) is 0.710. The number of carbonyl (C=O) groups is 3. The topological polar surface area (TPSA) is 104 Å². The fourth-order valence-corrected chi connectivity index (χ4v) is 8.21. The van der Waals surface area contributed by atoms with Crippen molar-refractivity contribution in [3.8, 4) is 0 Å². The zero-order valence-corrected chi connectivity index (χ0v) is 25.4. The molecule has 1 aromatic carbocycles. The van der Waals surface area contributed by atoms with Crippen molar-refractivity contribution in [2.45, 2.75) is 96.7 Å². The summed E-state index contributed by atoms with van der Waals surface area (Å²) in [5.74, 6) is -0.867. The quantitative estimate of drug-likeness (QED) is 0.434. The van der Waals surface area contributed by atoms with Crippen LogP contribution in [0, 0.1) is 23.7 Å². The van der Waals surface area contributed by atoms with Gasteiger partial charge in [0.05, 0.1) is 18.2 Å². The van der Waals surface area contributed by atoms with E-state index in [-0.39, 0.29) is 41.9 Å². The van der Waals surface area contributed by atoms with Crippen molar-refractivity contribution < 1.29 is 22.8 Å². The van der Waals surface area contributed by atoms with E-state index in [1.165, 1.54) is 10.6 Å². The molecule has 2 amide bonds. The predicted molar refractivity (Wildman–Crippen MR) is 156 cm³/mol. The third kappa shape index (κ3) is 6.96. The van der Waals surface area contributed by atoms with E-state index in [1.54, 1.807) is 4.90 Å². The highest BCUT2D eigenvalue weighted by Crippen LogP contribution is 2.40. The van der Waals surface area contributed by atoms with Crippen molar-refractivity contribution in [3.63, 3.8) is 0 Å². The first-order valence-electron chi connectivity index (χ1n) is 15.2. The van der Waals surface area contributed by atoms with Crippen molar-refractivity contribution in [2.75, 3.05) is 19.3 Å². The van der Waals surface area contributed by atoms with E-state index in [4.69, 9.17) is 0 Å². The first-order chi connectivity index (χ1) is 19.0. The van der Waals surface area contributed by atoms with Crippen molar-refractivity contribution in [1.82, 2.24) is 14.5 Å². The SMILES string of the molecule is CC[C@@H](C)C(=O)N[C@H](C(=O)N1CC[C@@H]2[C@H]1[C@@H](C(=O)C[C@H](C)Cc1ccccc1)CN2S(C)(=O)=O)C1CCCCC1. The number of amides is 2. The molecule has 9 heteroatoms. The van der Waals surface area contributed by atoms with Crippen LogP contribution in [-0.4, -0.2) is 72.7 Å². The Bertz CT molecular complexity index is 1150. The van der Waals surface area contributed by atoms with Gasteiger partial charge in [0.1, 0.15) is 11.8 Å². The number of nitrogens with one attached hydrogen (secondary N) is 1. The van der Waals surface area contributed by atoms with Crippen molar-refractivity contribution in [1.29, 1.82) is 0 Å². The summed E-state index contributed by atoms with van der Waals surface area (Å²) in [6.45, 7) is 6.39. The molecule has 0 unspecified atom stereocenters. The van der Waals surface area contributed by atoms with Gasteiger partial charge in [-0.1, -0.05) is 70.4 Å². The largest absolute Gasteiger partial charge is 0.344 e. The molecule has 3 aliphatic rings. The molecule has 40 heavy (non-hydrogen) atoms. The summed E-state index contributed by atoms with van der Waals surface area (Å²) in [7, 11) is -3.55. The summed E-state index contributed by atoms with van der Waals surface area (Å²) in [4.78, 5) is 42.8. The van der Waals surface area contributed by atoms with Gasteiger partial charge in [0, 0.05) is 31.5 Å². The second-order valence-electron chi connectivity index (χ2n) is 12.5. The van der Waals surface area contributed by atoms with Crippen molar-refractivity contribution in [3.05, 3.63) is 35.9 Å². The first kappa shape index (κ1) is 30.7. The van der Waals surface area contributed by atoms with E-state index in [0.717, 1.165) is 44.1 Å².